The van der Waals surface area contributed by atoms with Crippen LogP contribution in [-0.2, 0) is 0 Å². The van der Waals surface area contributed by atoms with Crippen molar-refractivity contribution in [2.75, 3.05) is 12.4 Å². The smallest absolute Gasteiger partial charge is 0.274 e. The summed E-state index contributed by atoms with van der Waals surface area (Å²) in [5.41, 5.74) is 3.96. The van der Waals surface area contributed by atoms with E-state index in [-0.39, 0.29) is 11.6 Å². The third-order valence-corrected chi connectivity index (χ3v) is 8.36. The van der Waals surface area contributed by atoms with Gasteiger partial charge in [0.2, 0.25) is 0 Å². The molecule has 8 heteroatoms. The van der Waals surface area contributed by atoms with Crippen molar-refractivity contribution in [3.63, 3.8) is 0 Å². The molecular formula is C28H31N5O2Si. The van der Waals surface area contributed by atoms with Crippen molar-refractivity contribution in [3.05, 3.63) is 94.4 Å². The number of imidazole rings is 1. The van der Waals surface area contributed by atoms with E-state index in [0.29, 0.717) is 22.7 Å². The number of rotatable bonds is 7. The Hall–Kier alpha value is -4.09. The summed E-state index contributed by atoms with van der Waals surface area (Å²) < 4.78 is 9.09. The van der Waals surface area contributed by atoms with E-state index in [1.54, 1.807) is 30.3 Å². The highest BCUT2D eigenvalue weighted by Gasteiger charge is 2.18. The van der Waals surface area contributed by atoms with Crippen LogP contribution in [-0.4, -0.2) is 29.3 Å². The maximum absolute atomic E-state index is 13.5. The standard InChI is InChI=1S/C28H31N5O2Si/c1-19-16-32(18-30-19)26-12-9-23(14-27(26)35-3)31-25-13-21(15-29)17-33(28(25)34)20(2)22-7-10-24(11-8-22)36(4,5)6/h7-14,16-18,20,31H,1-6H3/t20-/m0/s1. The average molecular weight is 498 g/mol. The van der Waals surface area contributed by atoms with Gasteiger partial charge < -0.3 is 19.2 Å². The number of anilines is 2. The zero-order chi connectivity index (χ0) is 26.0. The van der Waals surface area contributed by atoms with Gasteiger partial charge in [0.25, 0.3) is 5.56 Å². The molecule has 184 valence electrons. The second kappa shape index (κ2) is 9.88. The lowest BCUT2D eigenvalue weighted by molar-refractivity contribution is 0.413. The summed E-state index contributed by atoms with van der Waals surface area (Å²) in [6.07, 6.45) is 5.26. The second-order valence-electron chi connectivity index (χ2n) is 9.95. The predicted molar refractivity (Wildman–Crippen MR) is 147 cm³/mol. The van der Waals surface area contributed by atoms with Crippen LogP contribution in [0.25, 0.3) is 5.69 Å². The third-order valence-electron chi connectivity index (χ3n) is 6.30. The molecule has 1 atom stereocenters. The lowest BCUT2D eigenvalue weighted by Crippen LogP contribution is -2.37. The Kier molecular flexibility index (Phi) is 6.86. The number of pyridine rings is 1. The highest BCUT2D eigenvalue weighted by Crippen LogP contribution is 2.28. The van der Waals surface area contributed by atoms with Crippen LogP contribution in [0.1, 0.15) is 29.8 Å². The maximum Gasteiger partial charge on any atom is 0.274 e. The molecule has 0 bridgehead atoms. The molecule has 0 radical (unpaired) electrons. The van der Waals surface area contributed by atoms with Crippen LogP contribution >= 0.6 is 0 Å². The van der Waals surface area contributed by atoms with Crippen molar-refractivity contribution >= 4 is 24.6 Å². The van der Waals surface area contributed by atoms with Crippen molar-refractivity contribution in [1.29, 1.82) is 5.26 Å². The Labute approximate surface area is 212 Å². The number of methoxy groups -OCH3 is 1. The first-order valence-corrected chi connectivity index (χ1v) is 15.3. The first kappa shape index (κ1) is 25.0. The van der Waals surface area contributed by atoms with Crippen LogP contribution < -0.4 is 20.8 Å². The van der Waals surface area contributed by atoms with Gasteiger partial charge in [0.15, 0.2) is 0 Å². The molecule has 0 aliphatic rings. The summed E-state index contributed by atoms with van der Waals surface area (Å²) in [5, 5.41) is 14.2. The van der Waals surface area contributed by atoms with Gasteiger partial charge in [-0.05, 0) is 37.6 Å². The van der Waals surface area contributed by atoms with E-state index < -0.39 is 8.07 Å². The number of nitrogens with one attached hydrogen (secondary N) is 1. The van der Waals surface area contributed by atoms with Gasteiger partial charge in [0, 0.05) is 24.1 Å². The molecular weight excluding hydrogens is 466 g/mol. The van der Waals surface area contributed by atoms with Gasteiger partial charge in [-0.1, -0.05) is 49.1 Å². The van der Waals surface area contributed by atoms with E-state index in [1.165, 1.54) is 5.19 Å². The first-order valence-electron chi connectivity index (χ1n) is 11.8. The zero-order valence-electron chi connectivity index (χ0n) is 21.5. The molecule has 7 nitrogen and oxygen atoms in total. The van der Waals surface area contributed by atoms with Crippen LogP contribution in [0.2, 0.25) is 19.6 Å². The van der Waals surface area contributed by atoms with E-state index >= 15 is 0 Å². The molecule has 0 unspecified atom stereocenters. The third kappa shape index (κ3) is 5.11. The predicted octanol–water partition coefficient (Wildman–Crippen LogP) is 5.12. The topological polar surface area (TPSA) is 84.9 Å². The molecule has 0 aliphatic heterocycles. The van der Waals surface area contributed by atoms with Gasteiger partial charge >= 0.3 is 0 Å². The Morgan fingerprint density at radius 3 is 2.39 bits per heavy atom. The van der Waals surface area contributed by atoms with Crippen molar-refractivity contribution in [2.45, 2.75) is 39.5 Å². The highest BCUT2D eigenvalue weighted by molar-refractivity contribution is 6.88. The highest BCUT2D eigenvalue weighted by atomic mass is 28.3. The van der Waals surface area contributed by atoms with Crippen LogP contribution in [0.5, 0.6) is 5.75 Å². The Morgan fingerprint density at radius 1 is 1.08 bits per heavy atom. The molecule has 0 saturated heterocycles. The Bertz CT molecular complexity index is 1490. The number of benzene rings is 2. The number of nitrogens with zero attached hydrogens (tertiary/aromatic N) is 4. The molecule has 0 fully saturated rings. The summed E-state index contributed by atoms with van der Waals surface area (Å²) in [6.45, 7) is 10.8. The van der Waals surface area contributed by atoms with Gasteiger partial charge in [-0.2, -0.15) is 5.26 Å². The number of hydrogen-bond acceptors (Lipinski definition) is 5. The Balaban J connectivity index is 1.68. The normalized spacial score (nSPS) is 12.1. The minimum atomic E-state index is -1.42. The monoisotopic (exact) mass is 497 g/mol. The average Bonchev–Trinajstić information content (AvgIpc) is 3.30. The van der Waals surface area contributed by atoms with E-state index in [4.69, 9.17) is 4.74 Å². The number of hydrogen-bond donors (Lipinski definition) is 1. The van der Waals surface area contributed by atoms with Gasteiger partial charge in [-0.25, -0.2) is 4.98 Å². The molecule has 36 heavy (non-hydrogen) atoms. The Morgan fingerprint density at radius 2 is 1.81 bits per heavy atom. The van der Waals surface area contributed by atoms with Crippen LogP contribution in [0.3, 0.4) is 0 Å². The fraction of sp³-hybridized carbons (Fsp3) is 0.250. The van der Waals surface area contributed by atoms with Crippen LogP contribution in [0, 0.1) is 18.3 Å². The lowest BCUT2D eigenvalue weighted by atomic mass is 10.1. The molecule has 4 rings (SSSR count). The summed E-state index contributed by atoms with van der Waals surface area (Å²) in [7, 11) is 0.184. The largest absolute Gasteiger partial charge is 0.494 e. The molecule has 2 aromatic carbocycles. The van der Waals surface area contributed by atoms with Crippen LogP contribution in [0.15, 0.2) is 72.0 Å². The van der Waals surface area contributed by atoms with Crippen molar-refractivity contribution < 1.29 is 4.74 Å². The molecule has 0 saturated carbocycles. The molecule has 2 aromatic heterocycles. The lowest BCUT2D eigenvalue weighted by Gasteiger charge is -2.21. The number of aryl methyl sites for hydroxylation is 1. The number of nitriles is 1. The van der Waals surface area contributed by atoms with E-state index in [0.717, 1.165) is 16.9 Å². The fourth-order valence-electron chi connectivity index (χ4n) is 4.14. The van der Waals surface area contributed by atoms with Crippen molar-refractivity contribution in [1.82, 2.24) is 14.1 Å². The number of aromatic nitrogens is 3. The molecule has 0 aliphatic carbocycles. The van der Waals surface area contributed by atoms with Crippen LogP contribution in [0.4, 0.5) is 11.4 Å². The van der Waals surface area contributed by atoms with E-state index in [9.17, 15) is 10.1 Å². The summed E-state index contributed by atoms with van der Waals surface area (Å²) >= 11 is 0. The quantitative estimate of drug-likeness (QED) is 0.358. The maximum atomic E-state index is 13.5. The van der Waals surface area contributed by atoms with Gasteiger partial charge in [0.1, 0.15) is 17.5 Å². The van der Waals surface area contributed by atoms with E-state index in [1.807, 2.05) is 42.8 Å². The minimum Gasteiger partial charge on any atom is -0.494 e. The molecule has 1 N–H and O–H groups in total. The van der Waals surface area contributed by atoms with Gasteiger partial charge in [-0.3, -0.25) is 4.79 Å². The molecule has 0 amide bonds. The van der Waals surface area contributed by atoms with Gasteiger partial charge in [-0.15, -0.1) is 0 Å². The van der Waals surface area contributed by atoms with Crippen molar-refractivity contribution in [2.24, 2.45) is 0 Å². The van der Waals surface area contributed by atoms with E-state index in [2.05, 4.69) is 60.3 Å². The molecule has 4 aromatic rings. The summed E-state index contributed by atoms with van der Waals surface area (Å²) in [4.78, 5) is 17.8. The second-order valence-corrected chi connectivity index (χ2v) is 15.0. The first-order chi connectivity index (χ1) is 17.1. The minimum absolute atomic E-state index is 0.205. The summed E-state index contributed by atoms with van der Waals surface area (Å²) in [6, 6.07) is 17.6. The molecule has 0 spiro atoms. The van der Waals surface area contributed by atoms with Gasteiger partial charge in [0.05, 0.1) is 44.5 Å². The molecule has 2 heterocycles. The summed E-state index contributed by atoms with van der Waals surface area (Å²) in [5.74, 6) is 0.630. The number of ether oxygens (including phenoxy) is 1. The SMILES string of the molecule is COc1cc(Nc2cc(C#N)cn([C@@H](C)c3ccc([Si](C)(C)C)cc3)c2=O)ccc1-n1cnc(C)c1. The zero-order valence-corrected chi connectivity index (χ0v) is 22.5. The fourth-order valence-corrected chi connectivity index (χ4v) is 5.31. The van der Waals surface area contributed by atoms with Crippen molar-refractivity contribution in [3.8, 4) is 17.5 Å².